The van der Waals surface area contributed by atoms with Crippen molar-refractivity contribution in [2.24, 2.45) is 0 Å². The summed E-state index contributed by atoms with van der Waals surface area (Å²) in [7, 11) is 0. The van der Waals surface area contributed by atoms with Crippen molar-refractivity contribution in [3.8, 4) is 0 Å². The highest BCUT2D eigenvalue weighted by Crippen LogP contribution is 2.23. The first-order valence-corrected chi connectivity index (χ1v) is 7.48. The maximum absolute atomic E-state index is 14.8. The highest BCUT2D eigenvalue weighted by Gasteiger charge is 2.18. The predicted octanol–water partition coefficient (Wildman–Crippen LogP) is 3.22. The molecule has 0 radical (unpaired) electrons. The molecule has 23 heavy (non-hydrogen) atoms. The molecule has 116 valence electrons. The number of halogens is 2. The molecule has 0 bridgehead atoms. The summed E-state index contributed by atoms with van der Waals surface area (Å²) in [5, 5.41) is 11.1. The number of rotatable bonds is 3. The van der Waals surface area contributed by atoms with E-state index in [0.29, 0.717) is 40.3 Å². The molecule has 4 aromatic rings. The van der Waals surface area contributed by atoms with Crippen molar-refractivity contribution >= 4 is 21.8 Å². The lowest BCUT2D eigenvalue weighted by Crippen LogP contribution is -2.35. The Morgan fingerprint density at radius 2 is 2.04 bits per heavy atom. The van der Waals surface area contributed by atoms with E-state index in [2.05, 4.69) is 15.3 Å². The fourth-order valence-corrected chi connectivity index (χ4v) is 2.93. The monoisotopic (exact) mass is 313 g/mol. The second-order valence-electron chi connectivity index (χ2n) is 5.56. The molecule has 4 rings (SSSR count). The van der Waals surface area contributed by atoms with Crippen LogP contribution in [-0.4, -0.2) is 15.3 Å². The Morgan fingerprint density at radius 3 is 2.83 bits per heavy atom. The number of H-pyrrole nitrogens is 2. The lowest BCUT2D eigenvalue weighted by Gasteiger charge is -2.00. The summed E-state index contributed by atoms with van der Waals surface area (Å²) in [6.07, 6.45) is 2.34. The van der Waals surface area contributed by atoms with Gasteiger partial charge in [0.25, 0.3) is 0 Å². The number of aromatic amines is 2. The Morgan fingerprint density at radius 1 is 1.17 bits per heavy atom. The molecular weight excluding hydrogens is 298 g/mol. The van der Waals surface area contributed by atoms with Crippen molar-refractivity contribution in [3.05, 3.63) is 59.4 Å². The highest BCUT2D eigenvalue weighted by molar-refractivity contribution is 5.83. The standard InChI is InChI=1S/C17H14F2N4/c1-2-13-16-15(21-20-13)7-6-10(17(16)19)8-23-9-11-12(18)4-3-5-14(11)22-23/h3-7,9H,2,8H2,1H3,(H,20,21)/p+1. The van der Waals surface area contributed by atoms with Gasteiger partial charge in [-0.05, 0) is 30.7 Å². The molecule has 0 aliphatic carbocycles. The zero-order valence-corrected chi connectivity index (χ0v) is 12.5. The van der Waals surface area contributed by atoms with Gasteiger partial charge in [-0.15, -0.1) is 4.68 Å². The minimum Gasteiger partial charge on any atom is -0.281 e. The van der Waals surface area contributed by atoms with Gasteiger partial charge in [-0.3, -0.25) is 5.10 Å². The fraction of sp³-hybridized carbons (Fsp3) is 0.176. The van der Waals surface area contributed by atoms with Crippen LogP contribution in [0.2, 0.25) is 0 Å². The Labute approximate surface area is 130 Å². The molecule has 0 aliphatic heterocycles. The SMILES string of the molecule is CCc1[nH]nc2ccc(C[n+]3cc4c(F)cccc4[nH]3)c(F)c12. The van der Waals surface area contributed by atoms with E-state index in [1.807, 2.05) is 6.92 Å². The summed E-state index contributed by atoms with van der Waals surface area (Å²) in [5.41, 5.74) is 2.62. The molecule has 2 N–H and O–H groups in total. The maximum atomic E-state index is 14.8. The Hall–Kier alpha value is -2.76. The molecule has 0 unspecified atom stereocenters. The third-order valence-corrected chi connectivity index (χ3v) is 4.11. The van der Waals surface area contributed by atoms with Gasteiger partial charge in [0.15, 0.2) is 6.54 Å². The molecule has 2 aromatic heterocycles. The molecule has 6 heteroatoms. The van der Waals surface area contributed by atoms with E-state index >= 15 is 0 Å². The summed E-state index contributed by atoms with van der Waals surface area (Å²) < 4.78 is 30.3. The van der Waals surface area contributed by atoms with Crippen LogP contribution in [0, 0.1) is 11.6 Å². The summed E-state index contributed by atoms with van der Waals surface area (Å²) in [4.78, 5) is 0. The highest BCUT2D eigenvalue weighted by atomic mass is 19.1. The molecule has 0 aliphatic rings. The third-order valence-electron chi connectivity index (χ3n) is 4.11. The molecule has 0 amide bonds. The van der Waals surface area contributed by atoms with Crippen LogP contribution in [0.5, 0.6) is 0 Å². The summed E-state index contributed by atoms with van der Waals surface area (Å²) in [6, 6.07) is 8.36. The molecule has 0 fully saturated rings. The number of benzene rings is 2. The Balaban J connectivity index is 1.79. The molecule has 0 atom stereocenters. The average molecular weight is 313 g/mol. The van der Waals surface area contributed by atoms with Gasteiger partial charge >= 0.3 is 0 Å². The largest absolute Gasteiger partial charge is 0.281 e. The van der Waals surface area contributed by atoms with E-state index in [0.717, 1.165) is 5.69 Å². The number of aryl methyl sites for hydroxylation is 1. The van der Waals surface area contributed by atoms with Crippen LogP contribution in [0.15, 0.2) is 36.5 Å². The van der Waals surface area contributed by atoms with Crippen molar-refractivity contribution in [3.63, 3.8) is 0 Å². The van der Waals surface area contributed by atoms with E-state index in [1.54, 1.807) is 35.1 Å². The van der Waals surface area contributed by atoms with Gasteiger partial charge < -0.3 is 0 Å². The van der Waals surface area contributed by atoms with Gasteiger partial charge in [0, 0.05) is 5.69 Å². The molecule has 2 heterocycles. The summed E-state index contributed by atoms with van der Waals surface area (Å²) >= 11 is 0. The number of fused-ring (bicyclic) bond motifs is 2. The quantitative estimate of drug-likeness (QED) is 0.561. The fourth-order valence-electron chi connectivity index (χ4n) is 2.93. The predicted molar refractivity (Wildman–Crippen MR) is 83.0 cm³/mol. The zero-order chi connectivity index (χ0) is 16.0. The zero-order valence-electron chi connectivity index (χ0n) is 12.5. The Bertz CT molecular complexity index is 1020. The number of nitrogens with zero attached hydrogens (tertiary/aromatic N) is 2. The Kier molecular flexibility index (Phi) is 3.11. The van der Waals surface area contributed by atoms with E-state index < -0.39 is 0 Å². The number of hydrogen-bond donors (Lipinski definition) is 2. The topological polar surface area (TPSA) is 48.4 Å². The normalized spacial score (nSPS) is 11.6. The van der Waals surface area contributed by atoms with Crippen molar-refractivity contribution in [1.29, 1.82) is 0 Å². The van der Waals surface area contributed by atoms with Gasteiger partial charge in [0.1, 0.15) is 22.5 Å². The second kappa shape index (κ2) is 5.15. The van der Waals surface area contributed by atoms with Crippen molar-refractivity contribution < 1.29 is 13.5 Å². The third kappa shape index (κ3) is 2.18. The van der Waals surface area contributed by atoms with E-state index in [4.69, 9.17) is 0 Å². The lowest BCUT2D eigenvalue weighted by atomic mass is 10.1. The van der Waals surface area contributed by atoms with E-state index in [1.165, 1.54) is 6.07 Å². The number of aromatic nitrogens is 4. The first kappa shape index (κ1) is 13.9. The average Bonchev–Trinajstić information content (AvgIpc) is 3.14. The summed E-state index contributed by atoms with van der Waals surface area (Å²) in [6.45, 7) is 2.25. The van der Waals surface area contributed by atoms with Gasteiger partial charge in [-0.25, -0.2) is 8.78 Å². The first-order valence-electron chi connectivity index (χ1n) is 7.48. The van der Waals surface area contributed by atoms with Crippen LogP contribution >= 0.6 is 0 Å². The van der Waals surface area contributed by atoms with E-state index in [-0.39, 0.29) is 11.6 Å². The van der Waals surface area contributed by atoms with Crippen LogP contribution in [0.3, 0.4) is 0 Å². The van der Waals surface area contributed by atoms with Crippen LogP contribution in [-0.2, 0) is 13.0 Å². The summed E-state index contributed by atoms with van der Waals surface area (Å²) in [5.74, 6) is -0.573. The van der Waals surface area contributed by atoms with Crippen molar-refractivity contribution in [2.75, 3.05) is 0 Å². The number of nitrogens with one attached hydrogen (secondary N) is 2. The van der Waals surface area contributed by atoms with Crippen LogP contribution in [0.1, 0.15) is 18.2 Å². The van der Waals surface area contributed by atoms with Gasteiger partial charge in [0.05, 0.1) is 16.5 Å². The van der Waals surface area contributed by atoms with Gasteiger partial charge in [-0.1, -0.05) is 13.0 Å². The first-order chi connectivity index (χ1) is 11.2. The minimum absolute atomic E-state index is 0.278. The molecule has 2 aromatic carbocycles. The van der Waals surface area contributed by atoms with Gasteiger partial charge in [0.2, 0.25) is 6.20 Å². The minimum atomic E-state index is -0.295. The molecule has 0 spiro atoms. The van der Waals surface area contributed by atoms with Crippen LogP contribution < -0.4 is 4.68 Å². The lowest BCUT2D eigenvalue weighted by molar-refractivity contribution is -0.740. The van der Waals surface area contributed by atoms with Crippen molar-refractivity contribution in [2.45, 2.75) is 19.9 Å². The second-order valence-corrected chi connectivity index (χ2v) is 5.56. The van der Waals surface area contributed by atoms with Crippen LogP contribution in [0.4, 0.5) is 8.78 Å². The molecule has 0 saturated carbocycles. The molecular formula is C17H15F2N4+. The molecule has 4 nitrogen and oxygen atoms in total. The molecule has 0 saturated heterocycles. The van der Waals surface area contributed by atoms with Crippen molar-refractivity contribution in [1.82, 2.24) is 15.3 Å². The van der Waals surface area contributed by atoms with E-state index in [9.17, 15) is 8.78 Å². The smallest absolute Gasteiger partial charge is 0.206 e. The maximum Gasteiger partial charge on any atom is 0.206 e. The van der Waals surface area contributed by atoms with Crippen LogP contribution in [0.25, 0.3) is 21.8 Å². The van der Waals surface area contributed by atoms with Gasteiger partial charge in [-0.2, -0.15) is 10.2 Å². The number of hydrogen-bond acceptors (Lipinski definition) is 1.